The quantitative estimate of drug-likeness (QED) is 0.776. The summed E-state index contributed by atoms with van der Waals surface area (Å²) in [5.41, 5.74) is -0.391. The van der Waals surface area contributed by atoms with Crippen LogP contribution in [0, 0.1) is 5.92 Å². The maximum atomic E-state index is 12.6. The van der Waals surface area contributed by atoms with Gasteiger partial charge in [0.05, 0.1) is 6.61 Å². The lowest BCUT2D eigenvalue weighted by molar-refractivity contribution is -0.156. The summed E-state index contributed by atoms with van der Waals surface area (Å²) in [4.78, 5) is 12.6. The smallest absolute Gasteiger partial charge is 0.326 e. The Morgan fingerprint density at radius 3 is 2.47 bits per heavy atom. The molecule has 0 spiro atoms. The number of rotatable bonds is 5. The van der Waals surface area contributed by atoms with Crippen LogP contribution in [0.2, 0.25) is 0 Å². The predicted molar refractivity (Wildman–Crippen MR) is 77.0 cm³/mol. The molecule has 0 heterocycles. The molecule has 0 saturated heterocycles. The number of carbonyl (C=O) groups is 1. The molecule has 0 aromatic rings. The van der Waals surface area contributed by atoms with E-state index < -0.39 is 5.54 Å². The van der Waals surface area contributed by atoms with Gasteiger partial charge in [-0.2, -0.15) is 0 Å². The van der Waals surface area contributed by atoms with Crippen molar-refractivity contribution in [2.75, 3.05) is 6.61 Å². The Morgan fingerprint density at radius 1 is 1.16 bits per heavy atom. The van der Waals surface area contributed by atoms with Crippen molar-refractivity contribution in [3.63, 3.8) is 0 Å². The van der Waals surface area contributed by atoms with Crippen LogP contribution in [0.5, 0.6) is 0 Å². The van der Waals surface area contributed by atoms with Gasteiger partial charge in [-0.15, -0.1) is 0 Å². The molecule has 0 bridgehead atoms. The third-order valence-corrected chi connectivity index (χ3v) is 5.02. The molecule has 0 aromatic heterocycles. The molecule has 2 saturated carbocycles. The summed E-state index contributed by atoms with van der Waals surface area (Å²) in [7, 11) is 0. The Kier molecular flexibility index (Phi) is 5.26. The normalized spacial score (nSPS) is 32.4. The molecule has 0 amide bonds. The van der Waals surface area contributed by atoms with Crippen molar-refractivity contribution in [3.8, 4) is 0 Å². The van der Waals surface area contributed by atoms with Crippen molar-refractivity contribution in [1.82, 2.24) is 5.32 Å². The van der Waals surface area contributed by atoms with E-state index >= 15 is 0 Å². The molecule has 0 aromatic carbocycles. The predicted octanol–water partition coefficient (Wildman–Crippen LogP) is 3.42. The third-order valence-electron chi connectivity index (χ3n) is 5.02. The summed E-state index contributed by atoms with van der Waals surface area (Å²) >= 11 is 0. The Hall–Kier alpha value is -0.570. The monoisotopic (exact) mass is 267 g/mol. The van der Waals surface area contributed by atoms with Gasteiger partial charge in [0.15, 0.2) is 0 Å². The first-order valence-electron chi connectivity index (χ1n) is 8.18. The number of hydrogen-bond donors (Lipinski definition) is 1. The van der Waals surface area contributed by atoms with E-state index in [9.17, 15) is 4.79 Å². The topological polar surface area (TPSA) is 38.3 Å². The van der Waals surface area contributed by atoms with Crippen LogP contribution in [0.25, 0.3) is 0 Å². The minimum atomic E-state index is -0.391. The lowest BCUT2D eigenvalue weighted by Crippen LogP contribution is -2.61. The van der Waals surface area contributed by atoms with Gasteiger partial charge >= 0.3 is 5.97 Å². The number of nitrogens with one attached hydrogen (secondary N) is 1. The minimum absolute atomic E-state index is 0.00782. The van der Waals surface area contributed by atoms with Gasteiger partial charge in [0, 0.05) is 6.04 Å². The number of carbonyl (C=O) groups excluding carboxylic acids is 1. The lowest BCUT2D eigenvalue weighted by atomic mass is 9.71. The molecule has 110 valence electrons. The second-order valence-corrected chi connectivity index (χ2v) is 6.17. The number of esters is 1. The zero-order chi connectivity index (χ0) is 13.7. The van der Waals surface area contributed by atoms with E-state index in [4.69, 9.17) is 4.74 Å². The van der Waals surface area contributed by atoms with Gasteiger partial charge in [-0.1, -0.05) is 39.0 Å². The van der Waals surface area contributed by atoms with Crippen LogP contribution >= 0.6 is 0 Å². The SMILES string of the molecule is CCOC(=O)C1(NC2CCCC2)CCCCC1CC. The summed E-state index contributed by atoms with van der Waals surface area (Å²) in [6.07, 6.45) is 10.6. The summed E-state index contributed by atoms with van der Waals surface area (Å²) in [5.74, 6) is 0.453. The largest absolute Gasteiger partial charge is 0.465 e. The number of ether oxygens (including phenoxy) is 1. The van der Waals surface area contributed by atoms with Gasteiger partial charge < -0.3 is 4.74 Å². The van der Waals surface area contributed by atoms with E-state index in [0.717, 1.165) is 25.7 Å². The van der Waals surface area contributed by atoms with Gasteiger partial charge in [-0.25, -0.2) is 0 Å². The Labute approximate surface area is 117 Å². The molecule has 3 nitrogen and oxygen atoms in total. The maximum absolute atomic E-state index is 12.6. The Balaban J connectivity index is 2.16. The van der Waals surface area contributed by atoms with E-state index in [1.807, 2.05) is 6.92 Å². The highest BCUT2D eigenvalue weighted by Crippen LogP contribution is 2.38. The molecule has 2 unspecified atom stereocenters. The van der Waals surface area contributed by atoms with Crippen LogP contribution in [0.1, 0.15) is 71.6 Å². The molecule has 2 fully saturated rings. The van der Waals surface area contributed by atoms with Crippen LogP contribution < -0.4 is 5.32 Å². The van der Waals surface area contributed by atoms with Crippen LogP contribution in [0.4, 0.5) is 0 Å². The summed E-state index contributed by atoms with van der Waals surface area (Å²) in [6, 6.07) is 0.525. The fourth-order valence-electron chi connectivity index (χ4n) is 4.01. The second-order valence-electron chi connectivity index (χ2n) is 6.17. The first kappa shape index (κ1) is 14.8. The van der Waals surface area contributed by atoms with E-state index in [2.05, 4.69) is 12.2 Å². The highest BCUT2D eigenvalue weighted by atomic mass is 16.5. The zero-order valence-corrected chi connectivity index (χ0v) is 12.5. The summed E-state index contributed by atoms with van der Waals surface area (Å²) in [6.45, 7) is 4.61. The third kappa shape index (κ3) is 3.13. The van der Waals surface area contributed by atoms with Crippen molar-refractivity contribution in [2.24, 2.45) is 5.92 Å². The highest BCUT2D eigenvalue weighted by Gasteiger charge is 2.48. The highest BCUT2D eigenvalue weighted by molar-refractivity contribution is 5.81. The first-order valence-corrected chi connectivity index (χ1v) is 8.18. The van der Waals surface area contributed by atoms with Crippen molar-refractivity contribution in [1.29, 1.82) is 0 Å². The van der Waals surface area contributed by atoms with E-state index in [0.29, 0.717) is 18.6 Å². The van der Waals surface area contributed by atoms with Gasteiger partial charge in [-0.05, 0) is 38.5 Å². The fraction of sp³-hybridized carbons (Fsp3) is 0.938. The van der Waals surface area contributed by atoms with Crippen LogP contribution in [-0.2, 0) is 9.53 Å². The summed E-state index contributed by atoms with van der Waals surface area (Å²) < 4.78 is 5.43. The lowest BCUT2D eigenvalue weighted by Gasteiger charge is -2.44. The van der Waals surface area contributed by atoms with E-state index in [1.54, 1.807) is 0 Å². The molecule has 0 aliphatic heterocycles. The van der Waals surface area contributed by atoms with Crippen LogP contribution in [-0.4, -0.2) is 24.2 Å². The van der Waals surface area contributed by atoms with E-state index in [1.165, 1.54) is 32.1 Å². The van der Waals surface area contributed by atoms with Crippen molar-refractivity contribution in [2.45, 2.75) is 83.2 Å². The average Bonchev–Trinajstić information content (AvgIpc) is 2.92. The molecule has 3 heteroatoms. The molecule has 2 aliphatic carbocycles. The molecule has 2 aliphatic rings. The van der Waals surface area contributed by atoms with E-state index in [-0.39, 0.29) is 5.97 Å². The van der Waals surface area contributed by atoms with Crippen LogP contribution in [0.15, 0.2) is 0 Å². The van der Waals surface area contributed by atoms with Gasteiger partial charge in [0.25, 0.3) is 0 Å². The molecular weight excluding hydrogens is 238 g/mol. The molecular formula is C16H29NO2. The Morgan fingerprint density at radius 2 is 1.84 bits per heavy atom. The molecule has 2 rings (SSSR count). The fourth-order valence-corrected chi connectivity index (χ4v) is 4.01. The van der Waals surface area contributed by atoms with Gasteiger partial charge in [0.1, 0.15) is 5.54 Å². The van der Waals surface area contributed by atoms with Crippen molar-refractivity contribution >= 4 is 5.97 Å². The van der Waals surface area contributed by atoms with Gasteiger partial charge in [0.2, 0.25) is 0 Å². The summed E-state index contributed by atoms with van der Waals surface area (Å²) in [5, 5.41) is 3.74. The average molecular weight is 267 g/mol. The standard InChI is InChI=1S/C16H29NO2/c1-3-13-9-7-8-12-16(13,15(18)19-4-2)17-14-10-5-6-11-14/h13-14,17H,3-12H2,1-2H3. The second kappa shape index (κ2) is 6.74. The maximum Gasteiger partial charge on any atom is 0.326 e. The van der Waals surface area contributed by atoms with Crippen molar-refractivity contribution < 1.29 is 9.53 Å². The van der Waals surface area contributed by atoms with Crippen LogP contribution in [0.3, 0.4) is 0 Å². The number of hydrogen-bond acceptors (Lipinski definition) is 3. The molecule has 2 atom stereocenters. The van der Waals surface area contributed by atoms with Gasteiger partial charge in [-0.3, -0.25) is 10.1 Å². The minimum Gasteiger partial charge on any atom is -0.465 e. The Bertz CT molecular complexity index is 299. The molecule has 1 N–H and O–H groups in total. The first-order chi connectivity index (χ1) is 9.23. The molecule has 19 heavy (non-hydrogen) atoms. The van der Waals surface area contributed by atoms with Crippen molar-refractivity contribution in [3.05, 3.63) is 0 Å². The zero-order valence-electron chi connectivity index (χ0n) is 12.5. The molecule has 0 radical (unpaired) electrons.